The van der Waals surface area contributed by atoms with Gasteiger partial charge < -0.3 is 9.47 Å². The molecular weight excluding hydrogens is 488 g/mol. The summed E-state index contributed by atoms with van der Waals surface area (Å²) >= 11 is 0. The van der Waals surface area contributed by atoms with Gasteiger partial charge in [-0.25, -0.2) is 18.6 Å². The van der Waals surface area contributed by atoms with E-state index in [2.05, 4.69) is 15.2 Å². The van der Waals surface area contributed by atoms with Crippen molar-refractivity contribution in [2.45, 2.75) is 24.3 Å². The molecule has 1 amide bonds. The van der Waals surface area contributed by atoms with Crippen molar-refractivity contribution in [3.05, 3.63) is 93.5 Å². The molecule has 186 valence electrons. The minimum Gasteiger partial charge on any atom is -0.454 e. The molecule has 0 fully saturated rings. The summed E-state index contributed by atoms with van der Waals surface area (Å²) in [4.78, 5) is 23.5. The van der Waals surface area contributed by atoms with Crippen LogP contribution >= 0.6 is 0 Å². The molecule has 2 N–H and O–H groups in total. The van der Waals surface area contributed by atoms with Crippen LogP contribution in [0.3, 0.4) is 0 Å². The Kier molecular flexibility index (Phi) is 7.27. The molecule has 12 heteroatoms. The molecule has 3 aromatic carbocycles. The Balaban J connectivity index is 1.50. The number of nitrogens with zero attached hydrogens (tertiary/aromatic N) is 2. The zero-order valence-electron chi connectivity index (χ0n) is 19.1. The number of amides is 1. The SMILES string of the molecule is Cc1ccc(S(=O)(=O)N[C@H](CC(=O)N/N=C\c2cc3c(cc2[N+](=O)[O-])OCO3)c2ccccc2)cc1. The van der Waals surface area contributed by atoms with Crippen LogP contribution < -0.4 is 19.6 Å². The van der Waals surface area contributed by atoms with Crippen molar-refractivity contribution >= 4 is 27.8 Å². The lowest BCUT2D eigenvalue weighted by atomic mass is 10.0. The Morgan fingerprint density at radius 3 is 2.44 bits per heavy atom. The summed E-state index contributed by atoms with van der Waals surface area (Å²) in [6.45, 7) is 1.79. The molecule has 0 unspecified atom stereocenters. The van der Waals surface area contributed by atoms with Gasteiger partial charge in [0, 0.05) is 6.42 Å². The molecule has 36 heavy (non-hydrogen) atoms. The first kappa shape index (κ1) is 24.8. The zero-order valence-corrected chi connectivity index (χ0v) is 19.9. The predicted octanol–water partition coefficient (Wildman–Crippen LogP) is 3.19. The van der Waals surface area contributed by atoms with Crippen LogP contribution in [0.4, 0.5) is 5.69 Å². The largest absolute Gasteiger partial charge is 0.454 e. The lowest BCUT2D eigenvalue weighted by Gasteiger charge is -2.18. The quantitative estimate of drug-likeness (QED) is 0.255. The number of fused-ring (bicyclic) bond motifs is 1. The highest BCUT2D eigenvalue weighted by Crippen LogP contribution is 2.37. The monoisotopic (exact) mass is 510 g/mol. The first-order valence-corrected chi connectivity index (χ1v) is 12.2. The van der Waals surface area contributed by atoms with Gasteiger partial charge in [-0.05, 0) is 30.7 Å². The van der Waals surface area contributed by atoms with Crippen LogP contribution in [0.5, 0.6) is 11.5 Å². The summed E-state index contributed by atoms with van der Waals surface area (Å²) in [5, 5.41) is 15.2. The van der Waals surface area contributed by atoms with Crippen LogP contribution in [0.25, 0.3) is 0 Å². The van der Waals surface area contributed by atoms with E-state index < -0.39 is 26.9 Å². The number of hydrogen-bond acceptors (Lipinski definition) is 8. The average Bonchev–Trinajstić information content (AvgIpc) is 3.31. The number of nitrogens with one attached hydrogen (secondary N) is 2. The van der Waals surface area contributed by atoms with E-state index in [9.17, 15) is 23.3 Å². The standard InChI is InChI=1S/C24H22N4O7S/c1-16-7-9-19(10-8-16)36(32,33)27-20(17-5-3-2-4-6-17)12-24(29)26-25-14-18-11-22-23(35-15-34-22)13-21(18)28(30)31/h2-11,13-14,20,27H,12,15H2,1H3,(H,26,29)/b25-14-/t20-/m1/s1. The third-order valence-electron chi connectivity index (χ3n) is 5.33. The number of hydrazone groups is 1. The lowest BCUT2D eigenvalue weighted by molar-refractivity contribution is -0.385. The number of nitro groups is 1. The van der Waals surface area contributed by atoms with Gasteiger partial charge in [-0.3, -0.25) is 14.9 Å². The van der Waals surface area contributed by atoms with E-state index in [1.54, 1.807) is 42.5 Å². The number of sulfonamides is 1. The van der Waals surface area contributed by atoms with Crippen LogP contribution in [0, 0.1) is 17.0 Å². The first-order chi connectivity index (χ1) is 17.2. The fraction of sp³-hybridized carbons (Fsp3) is 0.167. The van der Waals surface area contributed by atoms with Crippen LogP contribution in [-0.2, 0) is 14.8 Å². The zero-order chi connectivity index (χ0) is 25.7. The minimum absolute atomic E-state index is 0.0524. The molecule has 0 saturated carbocycles. The molecule has 3 aromatic rings. The maximum absolute atomic E-state index is 12.9. The molecule has 0 saturated heterocycles. The number of nitro benzene ring substituents is 1. The molecule has 0 spiro atoms. The third-order valence-corrected chi connectivity index (χ3v) is 6.82. The van der Waals surface area contributed by atoms with E-state index in [1.807, 2.05) is 6.92 Å². The lowest BCUT2D eigenvalue weighted by Crippen LogP contribution is -2.32. The Morgan fingerprint density at radius 2 is 1.78 bits per heavy atom. The van der Waals surface area contributed by atoms with Gasteiger partial charge >= 0.3 is 0 Å². The summed E-state index contributed by atoms with van der Waals surface area (Å²) in [7, 11) is -3.92. The average molecular weight is 511 g/mol. The van der Waals surface area contributed by atoms with Crippen LogP contribution in [-0.4, -0.2) is 32.3 Å². The second-order valence-corrected chi connectivity index (χ2v) is 9.63. The Bertz CT molecular complexity index is 1410. The van der Waals surface area contributed by atoms with Gasteiger partial charge in [0.05, 0.1) is 33.7 Å². The molecule has 0 bridgehead atoms. The van der Waals surface area contributed by atoms with Crippen molar-refractivity contribution in [2.24, 2.45) is 5.10 Å². The van der Waals surface area contributed by atoms with Crippen LogP contribution in [0.1, 0.15) is 29.2 Å². The van der Waals surface area contributed by atoms with Crippen molar-refractivity contribution in [1.82, 2.24) is 10.1 Å². The van der Waals surface area contributed by atoms with E-state index >= 15 is 0 Å². The number of rotatable bonds is 9. The maximum Gasteiger partial charge on any atom is 0.282 e. The number of ether oxygens (including phenoxy) is 2. The summed E-state index contributed by atoms with van der Waals surface area (Å²) in [5.41, 5.74) is 3.62. The third kappa shape index (κ3) is 5.85. The fourth-order valence-corrected chi connectivity index (χ4v) is 4.72. The molecule has 4 rings (SSSR count). The Hall–Kier alpha value is -4.29. The Labute approximate surface area is 206 Å². The molecule has 0 aromatic heterocycles. The Morgan fingerprint density at radius 1 is 1.11 bits per heavy atom. The van der Waals surface area contributed by atoms with Gasteiger partial charge in [0.2, 0.25) is 22.7 Å². The molecule has 1 aliphatic heterocycles. The van der Waals surface area contributed by atoms with E-state index in [4.69, 9.17) is 9.47 Å². The van der Waals surface area contributed by atoms with Crippen LogP contribution in [0.15, 0.2) is 76.7 Å². The highest BCUT2D eigenvalue weighted by Gasteiger charge is 2.25. The molecule has 11 nitrogen and oxygen atoms in total. The fourth-order valence-electron chi connectivity index (χ4n) is 3.50. The highest BCUT2D eigenvalue weighted by molar-refractivity contribution is 7.89. The minimum atomic E-state index is -3.92. The maximum atomic E-state index is 12.9. The summed E-state index contributed by atoms with van der Waals surface area (Å²) in [6, 6.07) is 16.7. The summed E-state index contributed by atoms with van der Waals surface area (Å²) < 4.78 is 38.9. The molecule has 1 aliphatic rings. The topological polar surface area (TPSA) is 149 Å². The molecular formula is C24H22N4O7S. The van der Waals surface area contributed by atoms with Gasteiger partial charge in [-0.2, -0.15) is 5.10 Å². The van der Waals surface area contributed by atoms with Crippen molar-refractivity contribution in [2.75, 3.05) is 6.79 Å². The molecule has 0 radical (unpaired) electrons. The van der Waals surface area contributed by atoms with Crippen molar-refractivity contribution in [3.8, 4) is 11.5 Å². The number of carbonyl (C=O) groups is 1. The summed E-state index contributed by atoms with van der Waals surface area (Å²) in [6.07, 6.45) is 0.849. The second kappa shape index (κ2) is 10.5. The predicted molar refractivity (Wildman–Crippen MR) is 130 cm³/mol. The molecule has 1 atom stereocenters. The number of aryl methyl sites for hydroxylation is 1. The number of hydrogen-bond donors (Lipinski definition) is 2. The van der Waals surface area contributed by atoms with E-state index in [0.717, 1.165) is 11.8 Å². The van der Waals surface area contributed by atoms with Gasteiger partial charge in [0.25, 0.3) is 5.69 Å². The molecule has 0 aliphatic carbocycles. The van der Waals surface area contributed by atoms with Gasteiger partial charge in [-0.1, -0.05) is 48.0 Å². The number of benzene rings is 3. The van der Waals surface area contributed by atoms with Crippen molar-refractivity contribution < 1.29 is 27.6 Å². The van der Waals surface area contributed by atoms with E-state index in [1.165, 1.54) is 24.3 Å². The second-order valence-electron chi connectivity index (χ2n) is 7.92. The normalized spacial score (nSPS) is 13.5. The summed E-state index contributed by atoms with van der Waals surface area (Å²) in [5.74, 6) is -0.0346. The highest BCUT2D eigenvalue weighted by atomic mass is 32.2. The van der Waals surface area contributed by atoms with Gasteiger partial charge in [0.15, 0.2) is 11.5 Å². The smallest absolute Gasteiger partial charge is 0.282 e. The number of carbonyl (C=O) groups excluding carboxylic acids is 1. The van der Waals surface area contributed by atoms with Gasteiger partial charge in [-0.15, -0.1) is 0 Å². The van der Waals surface area contributed by atoms with Crippen LogP contribution in [0.2, 0.25) is 0 Å². The van der Waals surface area contributed by atoms with E-state index in [-0.39, 0.29) is 35.1 Å². The van der Waals surface area contributed by atoms with Crippen molar-refractivity contribution in [3.63, 3.8) is 0 Å². The molecule has 1 heterocycles. The van der Waals surface area contributed by atoms with E-state index in [0.29, 0.717) is 11.3 Å². The van der Waals surface area contributed by atoms with Gasteiger partial charge in [0.1, 0.15) is 0 Å². The van der Waals surface area contributed by atoms with Crippen molar-refractivity contribution in [1.29, 1.82) is 0 Å². The first-order valence-electron chi connectivity index (χ1n) is 10.8.